The molecule has 2 N–H and O–H groups in total. The number of nitrogens with zero attached hydrogens (tertiary/aromatic N) is 2. The summed E-state index contributed by atoms with van der Waals surface area (Å²) in [7, 11) is 0. The zero-order chi connectivity index (χ0) is 25.5. The van der Waals surface area contributed by atoms with Crippen LogP contribution < -0.4 is 20.3 Å². The molecule has 0 saturated heterocycles. The van der Waals surface area contributed by atoms with E-state index in [0.29, 0.717) is 46.6 Å². The number of aromatic amines is 1. The molecule has 0 atom stereocenters. The molecule has 1 aliphatic rings. The number of benzene rings is 3. The fourth-order valence-corrected chi connectivity index (χ4v) is 5.28. The summed E-state index contributed by atoms with van der Waals surface area (Å²) in [6.07, 6.45) is 0. The second-order valence-corrected chi connectivity index (χ2v) is 9.79. The molecule has 8 nitrogen and oxygen atoms in total. The third-order valence-electron chi connectivity index (χ3n) is 6.47. The van der Waals surface area contributed by atoms with E-state index in [1.54, 1.807) is 22.8 Å². The van der Waals surface area contributed by atoms with E-state index in [9.17, 15) is 9.59 Å². The maximum atomic E-state index is 13.8. The first-order valence-corrected chi connectivity index (χ1v) is 12.9. The Bertz CT molecular complexity index is 1740. The number of aromatic nitrogens is 3. The van der Waals surface area contributed by atoms with Crippen LogP contribution in [-0.2, 0) is 4.79 Å². The molecule has 6 rings (SSSR count). The number of H-pyrrole nitrogens is 1. The third-order valence-corrected chi connectivity index (χ3v) is 7.41. The largest absolute Gasteiger partial charge is 0.486 e. The van der Waals surface area contributed by atoms with Gasteiger partial charge in [-0.1, -0.05) is 42.1 Å². The van der Waals surface area contributed by atoms with Crippen molar-refractivity contribution in [1.82, 2.24) is 14.5 Å². The van der Waals surface area contributed by atoms with Crippen LogP contribution in [0.3, 0.4) is 0 Å². The molecule has 0 radical (unpaired) electrons. The normalized spacial score (nSPS) is 12.7. The summed E-state index contributed by atoms with van der Waals surface area (Å²) in [4.78, 5) is 34.8. The predicted octanol–water partition coefficient (Wildman–Crippen LogP) is 4.99. The summed E-state index contributed by atoms with van der Waals surface area (Å²) in [6.45, 7) is 4.96. The molecule has 3 heterocycles. The van der Waals surface area contributed by atoms with Gasteiger partial charge in [-0.25, -0.2) is 4.98 Å². The minimum atomic E-state index is -0.220. The van der Waals surface area contributed by atoms with Gasteiger partial charge in [-0.3, -0.25) is 14.2 Å². The van der Waals surface area contributed by atoms with Gasteiger partial charge in [-0.05, 0) is 49.2 Å². The highest BCUT2D eigenvalue weighted by atomic mass is 32.2. The van der Waals surface area contributed by atoms with Crippen molar-refractivity contribution >= 4 is 45.3 Å². The summed E-state index contributed by atoms with van der Waals surface area (Å²) < 4.78 is 12.8. The van der Waals surface area contributed by atoms with Crippen LogP contribution >= 0.6 is 11.8 Å². The predicted molar refractivity (Wildman–Crippen MR) is 145 cm³/mol. The number of anilines is 1. The van der Waals surface area contributed by atoms with Crippen molar-refractivity contribution in [2.24, 2.45) is 0 Å². The summed E-state index contributed by atoms with van der Waals surface area (Å²) in [6, 6.07) is 18.8. The summed E-state index contributed by atoms with van der Waals surface area (Å²) in [5.74, 6) is 1.11. The highest BCUT2D eigenvalue weighted by molar-refractivity contribution is 7.99. The number of hydrogen-bond acceptors (Lipinski definition) is 6. The number of rotatable bonds is 5. The molecule has 2 aromatic heterocycles. The van der Waals surface area contributed by atoms with E-state index in [1.807, 2.05) is 56.3 Å². The zero-order valence-electron chi connectivity index (χ0n) is 20.3. The molecule has 3 aromatic carbocycles. The van der Waals surface area contributed by atoms with Crippen molar-refractivity contribution in [2.45, 2.75) is 19.0 Å². The molecule has 186 valence electrons. The lowest BCUT2D eigenvalue weighted by Crippen LogP contribution is -2.24. The smallest absolute Gasteiger partial charge is 0.283 e. The molecule has 0 saturated carbocycles. The molecule has 0 aliphatic carbocycles. The number of ether oxygens (including phenoxy) is 2. The quantitative estimate of drug-likeness (QED) is 0.254. The Kier molecular flexibility index (Phi) is 5.84. The van der Waals surface area contributed by atoms with E-state index in [-0.39, 0.29) is 17.2 Å². The average Bonchev–Trinajstić information content (AvgIpc) is 3.28. The topological polar surface area (TPSA) is 98.2 Å². The summed E-state index contributed by atoms with van der Waals surface area (Å²) >= 11 is 1.22. The standard InChI is InChI=1S/C28H24N4O4S/c1-16-6-5-9-21(17(16)2)32-27(34)26-25(19-7-3-4-8-20(19)30-26)31-28(32)37-15-24(33)29-18-10-11-22-23(14-18)36-13-12-35-22/h3-11,14,30H,12-13,15H2,1-2H3,(H,29,33). The van der Waals surface area contributed by atoms with Gasteiger partial charge < -0.3 is 19.8 Å². The van der Waals surface area contributed by atoms with E-state index < -0.39 is 0 Å². The zero-order valence-corrected chi connectivity index (χ0v) is 21.1. The number of carbonyl (C=O) groups is 1. The fourth-order valence-electron chi connectivity index (χ4n) is 4.48. The van der Waals surface area contributed by atoms with Gasteiger partial charge in [0.25, 0.3) is 5.56 Å². The molecule has 0 bridgehead atoms. The van der Waals surface area contributed by atoms with E-state index in [2.05, 4.69) is 10.3 Å². The number of fused-ring (bicyclic) bond motifs is 4. The third kappa shape index (κ3) is 4.21. The fraction of sp³-hybridized carbons (Fsp3) is 0.179. The van der Waals surface area contributed by atoms with Crippen LogP contribution in [0, 0.1) is 13.8 Å². The Morgan fingerprint density at radius 3 is 2.73 bits per heavy atom. The Balaban J connectivity index is 1.37. The van der Waals surface area contributed by atoms with Gasteiger partial charge in [0.15, 0.2) is 16.7 Å². The molecule has 1 aliphatic heterocycles. The van der Waals surface area contributed by atoms with E-state index >= 15 is 0 Å². The lowest BCUT2D eigenvalue weighted by molar-refractivity contribution is -0.113. The number of thioether (sulfide) groups is 1. The van der Waals surface area contributed by atoms with Crippen molar-refractivity contribution in [3.63, 3.8) is 0 Å². The lowest BCUT2D eigenvalue weighted by atomic mass is 10.1. The first kappa shape index (κ1) is 23.2. The molecule has 1 amide bonds. The minimum absolute atomic E-state index is 0.0691. The maximum Gasteiger partial charge on any atom is 0.283 e. The second kappa shape index (κ2) is 9.33. The van der Waals surface area contributed by atoms with Crippen molar-refractivity contribution in [1.29, 1.82) is 0 Å². The van der Waals surface area contributed by atoms with Crippen molar-refractivity contribution in [3.05, 3.63) is 82.1 Å². The van der Waals surface area contributed by atoms with Gasteiger partial charge >= 0.3 is 0 Å². The number of nitrogens with one attached hydrogen (secondary N) is 2. The molecule has 0 unspecified atom stereocenters. The van der Waals surface area contributed by atoms with Crippen molar-refractivity contribution in [2.75, 3.05) is 24.3 Å². The first-order chi connectivity index (χ1) is 18.0. The average molecular weight is 513 g/mol. The van der Waals surface area contributed by atoms with E-state index in [0.717, 1.165) is 27.7 Å². The lowest BCUT2D eigenvalue weighted by Gasteiger charge is -2.19. The molecular formula is C28H24N4O4S. The number of hydrogen-bond donors (Lipinski definition) is 2. The van der Waals surface area contributed by atoms with E-state index in [1.165, 1.54) is 11.8 Å². The van der Waals surface area contributed by atoms with E-state index in [4.69, 9.17) is 14.5 Å². The van der Waals surface area contributed by atoms with Gasteiger partial charge in [0.05, 0.1) is 11.4 Å². The van der Waals surface area contributed by atoms with Crippen molar-refractivity contribution < 1.29 is 14.3 Å². The summed E-state index contributed by atoms with van der Waals surface area (Å²) in [5, 5.41) is 4.22. The number of para-hydroxylation sites is 1. The Labute approximate surface area is 216 Å². The molecule has 0 spiro atoms. The molecule has 5 aromatic rings. The Morgan fingerprint density at radius 1 is 1.05 bits per heavy atom. The monoisotopic (exact) mass is 512 g/mol. The van der Waals surface area contributed by atoms with Crippen LogP contribution in [0.15, 0.2) is 70.6 Å². The van der Waals surface area contributed by atoms with Gasteiger partial charge in [0, 0.05) is 22.7 Å². The van der Waals surface area contributed by atoms with Gasteiger partial charge in [-0.2, -0.15) is 0 Å². The number of aryl methyl sites for hydroxylation is 1. The van der Waals surface area contributed by atoms with Crippen LogP contribution in [0.5, 0.6) is 11.5 Å². The van der Waals surface area contributed by atoms with Crippen LogP contribution in [0.25, 0.3) is 27.6 Å². The summed E-state index contributed by atoms with van der Waals surface area (Å²) in [5.41, 5.74) is 5.06. The molecule has 37 heavy (non-hydrogen) atoms. The number of amides is 1. The van der Waals surface area contributed by atoms with Crippen LogP contribution in [0.4, 0.5) is 5.69 Å². The highest BCUT2D eigenvalue weighted by Crippen LogP contribution is 2.33. The van der Waals surface area contributed by atoms with Crippen molar-refractivity contribution in [3.8, 4) is 17.2 Å². The maximum absolute atomic E-state index is 13.8. The second-order valence-electron chi connectivity index (χ2n) is 8.84. The van der Waals surface area contributed by atoms with Gasteiger partial charge in [-0.15, -0.1) is 0 Å². The Hall–Kier alpha value is -4.24. The molecular weight excluding hydrogens is 488 g/mol. The van der Waals surface area contributed by atoms with Crippen LogP contribution in [-0.4, -0.2) is 39.4 Å². The van der Waals surface area contributed by atoms with Gasteiger partial charge in [0.2, 0.25) is 5.91 Å². The van der Waals surface area contributed by atoms with Gasteiger partial charge in [0.1, 0.15) is 24.2 Å². The van der Waals surface area contributed by atoms with Crippen LogP contribution in [0.1, 0.15) is 11.1 Å². The van der Waals surface area contributed by atoms with Crippen LogP contribution in [0.2, 0.25) is 0 Å². The Morgan fingerprint density at radius 2 is 1.86 bits per heavy atom. The first-order valence-electron chi connectivity index (χ1n) is 11.9. The SMILES string of the molecule is Cc1cccc(-n2c(SCC(=O)Nc3ccc4c(c3)OCCO4)nc3c([nH]c4ccccc43)c2=O)c1C. The number of carbonyl (C=O) groups excluding carboxylic acids is 1. The minimum Gasteiger partial charge on any atom is -0.486 e. The highest BCUT2D eigenvalue weighted by Gasteiger charge is 2.20. The molecule has 0 fully saturated rings. The molecule has 9 heteroatoms.